The number of nitrogens with zero attached hydrogens (tertiary/aromatic N) is 1. The Balaban J connectivity index is 0.839. The van der Waals surface area contributed by atoms with Crippen molar-refractivity contribution in [3.8, 4) is 0 Å². The largest absolute Gasteiger partial charge is 0.377 e. The number of hydrogen-bond acceptors (Lipinski definition) is 20. The molecule has 26 nitrogen and oxygen atoms in total. The van der Waals surface area contributed by atoms with Crippen LogP contribution in [0.2, 0.25) is 0 Å². The fraction of sp³-hybridized carbons (Fsp3) is 0.727. The minimum absolute atomic E-state index is 0.0247. The van der Waals surface area contributed by atoms with E-state index in [4.69, 9.17) is 47.4 Å². The zero-order chi connectivity index (χ0) is 59.0. The van der Waals surface area contributed by atoms with Crippen LogP contribution in [0.1, 0.15) is 57.4 Å². The number of benzene rings is 1. The third kappa shape index (κ3) is 30.9. The maximum absolute atomic E-state index is 13.1. The first-order valence-corrected chi connectivity index (χ1v) is 29.5. The molecule has 1 saturated heterocycles. The molecule has 1 aromatic rings. The number of imide groups is 1. The first-order chi connectivity index (χ1) is 39.8. The van der Waals surface area contributed by atoms with Crippen LogP contribution in [0.25, 0.3) is 0 Å². The summed E-state index contributed by atoms with van der Waals surface area (Å²) in [6, 6.07) is 7.84. The minimum Gasteiger partial charge on any atom is -0.377 e. The molecule has 0 radical (unpaired) electrons. The van der Waals surface area contributed by atoms with Gasteiger partial charge in [0.2, 0.25) is 52.4 Å². The van der Waals surface area contributed by atoms with Crippen LogP contribution in [-0.4, -0.2) is 234 Å². The van der Waals surface area contributed by atoms with Gasteiger partial charge in [-0.15, -0.1) is 0 Å². The van der Waals surface area contributed by atoms with Crippen LogP contribution in [0.4, 0.5) is 0 Å². The Morgan fingerprint density at radius 2 is 1.06 bits per heavy atom. The van der Waals surface area contributed by atoms with Gasteiger partial charge in [0, 0.05) is 37.8 Å². The molecule has 3 atom stereocenters. The standard InChI is InChI=1S/C55H87N7O19S/c1-40-32-50(67)62(54(40)70)37-42-8-10-44(11-9-42)52(68)56-14-15-72-16-17-73-18-19-74-20-21-75-22-23-76-24-25-77-26-27-78-28-29-79-30-31-80-38-49(66)58-34-46(63)57-36-48(65)61-45(33-41-6-4-3-5-7-41)53(69)59-35-47(64)60-39-81-51(43-12-13-43)55(71)82-2/h3-7,40,42-45,51H,8-39H2,1-2H3,(H,56,68)(H,57,63)(H,58,66)(H,59,69)(H,60,64)(H,61,65)/t40?,42-,44-,45-,51-/m0/s1. The van der Waals surface area contributed by atoms with Gasteiger partial charge in [0.25, 0.3) is 0 Å². The van der Waals surface area contributed by atoms with Crippen LogP contribution in [0.5, 0.6) is 0 Å². The molecule has 2 aliphatic carbocycles. The van der Waals surface area contributed by atoms with E-state index < -0.39 is 61.3 Å². The summed E-state index contributed by atoms with van der Waals surface area (Å²) in [6.07, 6.45) is 6.42. The number of likely N-dealkylation sites (tertiary alicyclic amines) is 1. The average molecular weight is 1180 g/mol. The molecular formula is C55H87N7O19S. The van der Waals surface area contributed by atoms with E-state index in [1.807, 2.05) is 0 Å². The van der Waals surface area contributed by atoms with Crippen molar-refractivity contribution >= 4 is 64.1 Å². The van der Waals surface area contributed by atoms with Gasteiger partial charge in [-0.3, -0.25) is 48.1 Å². The van der Waals surface area contributed by atoms with E-state index in [1.54, 1.807) is 43.5 Å². The van der Waals surface area contributed by atoms with Gasteiger partial charge < -0.3 is 79.3 Å². The molecule has 0 spiro atoms. The van der Waals surface area contributed by atoms with E-state index in [-0.39, 0.29) is 79.5 Å². The van der Waals surface area contributed by atoms with E-state index in [9.17, 15) is 43.2 Å². The molecule has 0 bridgehead atoms. The normalized spacial score (nSPS) is 17.7. The minimum atomic E-state index is -1.08. The van der Waals surface area contributed by atoms with Crippen molar-refractivity contribution in [2.45, 2.75) is 70.4 Å². The molecule has 3 fully saturated rings. The number of hydrogen-bond donors (Lipinski definition) is 6. The summed E-state index contributed by atoms with van der Waals surface area (Å²) in [6.45, 7) is 7.20. The molecule has 1 aliphatic heterocycles. The van der Waals surface area contributed by atoms with Crippen LogP contribution < -0.4 is 31.9 Å². The summed E-state index contributed by atoms with van der Waals surface area (Å²) in [5, 5.41) is 15.2. The van der Waals surface area contributed by atoms with Crippen LogP contribution in [0.15, 0.2) is 30.3 Å². The van der Waals surface area contributed by atoms with Crippen LogP contribution >= 0.6 is 11.8 Å². The molecule has 8 amide bonds. The molecule has 0 aromatic heterocycles. The summed E-state index contributed by atoms with van der Waals surface area (Å²) in [7, 11) is 0. The molecule has 3 aliphatic rings. The first-order valence-electron chi connectivity index (χ1n) is 28.3. The second-order valence-electron chi connectivity index (χ2n) is 19.7. The maximum atomic E-state index is 13.1. The zero-order valence-electron chi connectivity index (χ0n) is 47.6. The van der Waals surface area contributed by atoms with Gasteiger partial charge in [-0.1, -0.05) is 49.0 Å². The summed E-state index contributed by atoms with van der Waals surface area (Å²) in [5.74, 6) is -3.06. The molecule has 1 aromatic carbocycles. The van der Waals surface area contributed by atoms with Crippen molar-refractivity contribution in [1.82, 2.24) is 36.8 Å². The maximum Gasteiger partial charge on any atom is 0.246 e. The van der Waals surface area contributed by atoms with Crippen molar-refractivity contribution in [3.05, 3.63) is 35.9 Å². The van der Waals surface area contributed by atoms with E-state index in [0.29, 0.717) is 119 Å². The third-order valence-corrected chi connectivity index (χ3v) is 13.8. The first kappa shape index (κ1) is 69.3. The Kier molecular flexibility index (Phi) is 36.0. The van der Waals surface area contributed by atoms with Gasteiger partial charge in [-0.05, 0) is 62.2 Å². The van der Waals surface area contributed by atoms with Crippen molar-refractivity contribution < 1.29 is 90.5 Å². The van der Waals surface area contributed by atoms with Crippen molar-refractivity contribution in [3.63, 3.8) is 0 Å². The van der Waals surface area contributed by atoms with Gasteiger partial charge >= 0.3 is 0 Å². The van der Waals surface area contributed by atoms with Gasteiger partial charge in [-0.25, -0.2) is 0 Å². The quantitative estimate of drug-likeness (QED) is 0.0267. The van der Waals surface area contributed by atoms with Crippen LogP contribution in [0, 0.1) is 23.7 Å². The van der Waals surface area contributed by atoms with E-state index in [2.05, 4.69) is 31.9 Å². The number of carbonyl (C=O) groups excluding carboxylic acids is 9. The number of carbonyl (C=O) groups is 9. The number of nitrogens with one attached hydrogen (secondary N) is 6. The second-order valence-corrected chi connectivity index (χ2v) is 20.5. The molecular weight excluding hydrogens is 1090 g/mol. The number of thioether (sulfide) groups is 1. The lowest BCUT2D eigenvalue weighted by Gasteiger charge is -2.30. The third-order valence-electron chi connectivity index (χ3n) is 13.1. The second kappa shape index (κ2) is 42.6. The lowest BCUT2D eigenvalue weighted by molar-refractivity contribution is -0.140. The number of amides is 8. The SMILES string of the molecule is CSC(=O)[C@@H](OCNC(=O)CNC(=O)[C@H](Cc1ccccc1)NC(=O)CNC(=O)CNC(=O)COCCOCCOCCOCCOCCOCCOCCOCCOCCNC(=O)[C@H]1CC[C@H](CN2C(=O)CC(C)C2=O)CC1)C1CC1. The molecule has 6 N–H and O–H groups in total. The van der Waals surface area contributed by atoms with Gasteiger partial charge in [0.1, 0.15) is 25.5 Å². The lowest BCUT2D eigenvalue weighted by atomic mass is 9.81. The number of rotatable bonds is 47. The predicted octanol–water partition coefficient (Wildman–Crippen LogP) is -0.712. The Morgan fingerprint density at radius 1 is 0.573 bits per heavy atom. The molecule has 4 rings (SSSR count). The summed E-state index contributed by atoms with van der Waals surface area (Å²) in [4.78, 5) is 113. The van der Waals surface area contributed by atoms with Crippen LogP contribution in [-0.2, 0) is 96.9 Å². The summed E-state index contributed by atoms with van der Waals surface area (Å²) < 4.78 is 54.9. The Bertz CT molecular complexity index is 2070. The van der Waals surface area contributed by atoms with Gasteiger partial charge in [0.05, 0.1) is 132 Å². The van der Waals surface area contributed by atoms with Crippen molar-refractivity contribution in [1.29, 1.82) is 0 Å². The molecule has 1 heterocycles. The van der Waals surface area contributed by atoms with Gasteiger partial charge in [0.15, 0.2) is 0 Å². The van der Waals surface area contributed by atoms with Gasteiger partial charge in [-0.2, -0.15) is 0 Å². The molecule has 82 heavy (non-hydrogen) atoms. The van der Waals surface area contributed by atoms with Crippen molar-refractivity contribution in [2.24, 2.45) is 23.7 Å². The smallest absolute Gasteiger partial charge is 0.246 e. The topological polar surface area (TPSA) is 321 Å². The monoisotopic (exact) mass is 1180 g/mol. The molecule has 462 valence electrons. The Morgan fingerprint density at radius 3 is 1.57 bits per heavy atom. The van der Waals surface area contributed by atoms with E-state index in [1.165, 1.54) is 4.90 Å². The fourth-order valence-corrected chi connectivity index (χ4v) is 8.97. The highest BCUT2D eigenvalue weighted by molar-refractivity contribution is 8.13. The highest BCUT2D eigenvalue weighted by atomic mass is 32.2. The fourth-order valence-electron chi connectivity index (χ4n) is 8.47. The molecule has 1 unspecified atom stereocenters. The zero-order valence-corrected chi connectivity index (χ0v) is 48.4. The van der Waals surface area contributed by atoms with E-state index >= 15 is 0 Å². The summed E-state index contributed by atoms with van der Waals surface area (Å²) >= 11 is 1.07. The molecule has 27 heteroatoms. The number of ether oxygens (including phenoxy) is 10. The highest BCUT2D eigenvalue weighted by Gasteiger charge is 2.38. The summed E-state index contributed by atoms with van der Waals surface area (Å²) in [5.41, 5.74) is 0.743. The molecule has 2 saturated carbocycles. The van der Waals surface area contributed by atoms with E-state index in [0.717, 1.165) is 55.9 Å². The van der Waals surface area contributed by atoms with Crippen molar-refractivity contribution in [2.75, 3.05) is 165 Å². The van der Waals surface area contributed by atoms with Crippen LogP contribution in [0.3, 0.4) is 0 Å². The Hall–Kier alpha value is -5.20. The lowest BCUT2D eigenvalue weighted by Crippen LogP contribution is -2.52. The average Bonchev–Trinajstić information content (AvgIpc) is 4.30. The Labute approximate surface area is 484 Å². The predicted molar refractivity (Wildman–Crippen MR) is 297 cm³/mol. The highest BCUT2D eigenvalue weighted by Crippen LogP contribution is 2.36.